The van der Waals surface area contributed by atoms with Crippen molar-refractivity contribution in [3.05, 3.63) is 34.9 Å². The third-order valence-electron chi connectivity index (χ3n) is 2.69. The summed E-state index contributed by atoms with van der Waals surface area (Å²) in [5.41, 5.74) is 1.27. The Morgan fingerprint density at radius 2 is 1.73 bits per heavy atom. The van der Waals surface area contributed by atoms with Gasteiger partial charge in [0.25, 0.3) is 0 Å². The molecule has 0 saturated heterocycles. The molecule has 1 aromatic rings. The van der Waals surface area contributed by atoms with Crippen LogP contribution in [0.5, 0.6) is 0 Å². The molecule has 15 heavy (non-hydrogen) atoms. The highest BCUT2D eigenvalue weighted by Crippen LogP contribution is 2.18. The fourth-order valence-electron chi connectivity index (χ4n) is 1.18. The van der Waals surface area contributed by atoms with Crippen molar-refractivity contribution in [3.63, 3.8) is 0 Å². The van der Waals surface area contributed by atoms with Gasteiger partial charge >= 0.3 is 0 Å². The molecule has 0 unspecified atom stereocenters. The molecule has 3 heteroatoms. The van der Waals surface area contributed by atoms with E-state index >= 15 is 0 Å². The minimum atomic E-state index is 0.0151. The third-order valence-corrected chi connectivity index (χ3v) is 3.60. The van der Waals surface area contributed by atoms with Gasteiger partial charge in [0.15, 0.2) is 0 Å². The molecule has 1 aromatic carbocycles. The number of benzene rings is 1. The van der Waals surface area contributed by atoms with E-state index in [4.69, 9.17) is 23.2 Å². The van der Waals surface area contributed by atoms with Gasteiger partial charge in [-0.2, -0.15) is 0 Å². The molecule has 1 rings (SSSR count). The topological polar surface area (TPSA) is 3.24 Å². The Kier molecular flexibility index (Phi) is 4.45. The van der Waals surface area contributed by atoms with Crippen LogP contribution in [0, 0.1) is 0 Å². The largest absolute Gasteiger partial charge is 0.296 e. The summed E-state index contributed by atoms with van der Waals surface area (Å²) in [5, 5.41) is 0.776. The SMILES string of the molecule is CN(Cc1ccc(Cl)cc1)C(C)(C)CCl. The summed E-state index contributed by atoms with van der Waals surface area (Å²) in [4.78, 5) is 2.24. The average molecular weight is 246 g/mol. The van der Waals surface area contributed by atoms with E-state index in [9.17, 15) is 0 Å². The van der Waals surface area contributed by atoms with E-state index in [-0.39, 0.29) is 5.54 Å². The summed E-state index contributed by atoms with van der Waals surface area (Å²) in [5.74, 6) is 0.622. The van der Waals surface area contributed by atoms with Gasteiger partial charge in [0.2, 0.25) is 0 Å². The highest BCUT2D eigenvalue weighted by atomic mass is 35.5. The van der Waals surface area contributed by atoms with Crippen LogP contribution < -0.4 is 0 Å². The van der Waals surface area contributed by atoms with Crippen molar-refractivity contribution in [3.8, 4) is 0 Å². The molecule has 0 aliphatic carbocycles. The lowest BCUT2D eigenvalue weighted by Crippen LogP contribution is -2.42. The van der Waals surface area contributed by atoms with Crippen molar-refractivity contribution in [1.82, 2.24) is 4.90 Å². The summed E-state index contributed by atoms with van der Waals surface area (Å²) < 4.78 is 0. The third kappa shape index (κ3) is 3.67. The van der Waals surface area contributed by atoms with E-state index in [1.807, 2.05) is 24.3 Å². The van der Waals surface area contributed by atoms with Gasteiger partial charge in [0.1, 0.15) is 0 Å². The van der Waals surface area contributed by atoms with Crippen molar-refractivity contribution in [2.45, 2.75) is 25.9 Å². The van der Waals surface area contributed by atoms with Crippen LogP contribution in [0.4, 0.5) is 0 Å². The number of rotatable bonds is 4. The molecule has 0 N–H and O–H groups in total. The minimum Gasteiger partial charge on any atom is -0.296 e. The Morgan fingerprint density at radius 3 is 2.20 bits per heavy atom. The van der Waals surface area contributed by atoms with Crippen LogP contribution in [0.1, 0.15) is 19.4 Å². The molecule has 0 amide bonds. The van der Waals surface area contributed by atoms with Crippen LogP contribution in [-0.4, -0.2) is 23.4 Å². The van der Waals surface area contributed by atoms with Crippen LogP contribution in [0.3, 0.4) is 0 Å². The standard InChI is InChI=1S/C12H17Cl2N/c1-12(2,9-13)15(3)8-10-4-6-11(14)7-5-10/h4-7H,8-9H2,1-3H3. The first-order chi connectivity index (χ1) is 6.95. The lowest BCUT2D eigenvalue weighted by atomic mass is 10.1. The number of hydrogen-bond donors (Lipinski definition) is 0. The smallest absolute Gasteiger partial charge is 0.0406 e. The Hall–Kier alpha value is -0.240. The van der Waals surface area contributed by atoms with Gasteiger partial charge in [-0.15, -0.1) is 11.6 Å². The first-order valence-electron chi connectivity index (χ1n) is 4.97. The molecule has 0 saturated carbocycles. The molecular weight excluding hydrogens is 229 g/mol. The molecule has 0 aromatic heterocycles. The van der Waals surface area contributed by atoms with E-state index in [0.29, 0.717) is 5.88 Å². The van der Waals surface area contributed by atoms with Crippen LogP contribution in [-0.2, 0) is 6.54 Å². The lowest BCUT2D eigenvalue weighted by molar-refractivity contribution is 0.171. The molecule has 0 atom stereocenters. The Morgan fingerprint density at radius 1 is 1.20 bits per heavy atom. The maximum Gasteiger partial charge on any atom is 0.0406 e. The molecule has 0 heterocycles. The normalized spacial score (nSPS) is 12.1. The van der Waals surface area contributed by atoms with E-state index in [0.717, 1.165) is 11.6 Å². The van der Waals surface area contributed by atoms with Crippen LogP contribution >= 0.6 is 23.2 Å². The minimum absolute atomic E-state index is 0.0151. The zero-order valence-corrected chi connectivity index (χ0v) is 10.9. The summed E-state index contributed by atoms with van der Waals surface area (Å²) in [6, 6.07) is 7.92. The van der Waals surface area contributed by atoms with E-state index in [2.05, 4.69) is 25.8 Å². The Balaban J connectivity index is 2.66. The maximum absolute atomic E-state index is 5.92. The van der Waals surface area contributed by atoms with Crippen molar-refractivity contribution < 1.29 is 0 Å². The van der Waals surface area contributed by atoms with Gasteiger partial charge in [0.05, 0.1) is 0 Å². The van der Waals surface area contributed by atoms with Crippen LogP contribution in [0.25, 0.3) is 0 Å². The average Bonchev–Trinajstić information content (AvgIpc) is 2.21. The number of nitrogens with zero attached hydrogens (tertiary/aromatic N) is 1. The predicted molar refractivity (Wildman–Crippen MR) is 67.7 cm³/mol. The fraction of sp³-hybridized carbons (Fsp3) is 0.500. The first-order valence-corrected chi connectivity index (χ1v) is 5.88. The zero-order chi connectivity index (χ0) is 11.5. The molecule has 0 bridgehead atoms. The van der Waals surface area contributed by atoms with Gasteiger partial charge in [-0.25, -0.2) is 0 Å². The summed E-state index contributed by atoms with van der Waals surface area (Å²) >= 11 is 11.7. The van der Waals surface area contributed by atoms with Gasteiger partial charge in [-0.3, -0.25) is 4.90 Å². The molecule has 1 nitrogen and oxygen atoms in total. The number of alkyl halides is 1. The molecule has 0 spiro atoms. The van der Waals surface area contributed by atoms with E-state index in [1.54, 1.807) is 0 Å². The van der Waals surface area contributed by atoms with Crippen LogP contribution in [0.15, 0.2) is 24.3 Å². The van der Waals surface area contributed by atoms with Gasteiger partial charge < -0.3 is 0 Å². The Bertz CT molecular complexity index is 306. The molecule has 0 aliphatic heterocycles. The quantitative estimate of drug-likeness (QED) is 0.730. The first kappa shape index (κ1) is 12.8. The highest BCUT2D eigenvalue weighted by molar-refractivity contribution is 6.30. The zero-order valence-electron chi connectivity index (χ0n) is 9.43. The predicted octanol–water partition coefficient (Wildman–Crippen LogP) is 3.79. The number of hydrogen-bond acceptors (Lipinski definition) is 1. The molecule has 0 radical (unpaired) electrons. The van der Waals surface area contributed by atoms with Crippen molar-refractivity contribution >= 4 is 23.2 Å². The van der Waals surface area contributed by atoms with Crippen molar-refractivity contribution in [2.75, 3.05) is 12.9 Å². The molecule has 84 valence electrons. The Labute approximate surface area is 102 Å². The molecule has 0 aliphatic rings. The van der Waals surface area contributed by atoms with E-state index < -0.39 is 0 Å². The highest BCUT2D eigenvalue weighted by Gasteiger charge is 2.21. The second kappa shape index (κ2) is 5.20. The summed E-state index contributed by atoms with van der Waals surface area (Å²) in [6.07, 6.45) is 0. The number of halogens is 2. The molecular formula is C12H17Cl2N. The lowest BCUT2D eigenvalue weighted by Gasteiger charge is -2.33. The fourth-order valence-corrected chi connectivity index (χ4v) is 1.51. The van der Waals surface area contributed by atoms with Crippen molar-refractivity contribution in [2.24, 2.45) is 0 Å². The second-order valence-corrected chi connectivity index (χ2v) is 5.13. The van der Waals surface area contributed by atoms with Crippen LogP contribution in [0.2, 0.25) is 5.02 Å². The maximum atomic E-state index is 5.92. The monoisotopic (exact) mass is 245 g/mol. The van der Waals surface area contributed by atoms with Gasteiger partial charge in [-0.1, -0.05) is 23.7 Å². The van der Waals surface area contributed by atoms with Crippen molar-refractivity contribution in [1.29, 1.82) is 0 Å². The summed E-state index contributed by atoms with van der Waals surface area (Å²) in [7, 11) is 2.08. The second-order valence-electron chi connectivity index (χ2n) is 4.43. The van der Waals surface area contributed by atoms with Gasteiger partial charge in [0, 0.05) is 23.0 Å². The van der Waals surface area contributed by atoms with Gasteiger partial charge in [-0.05, 0) is 38.6 Å². The van der Waals surface area contributed by atoms with E-state index in [1.165, 1.54) is 5.56 Å². The molecule has 0 fully saturated rings. The summed E-state index contributed by atoms with van der Waals surface area (Å²) in [6.45, 7) is 5.16.